The van der Waals surface area contributed by atoms with E-state index in [1.54, 1.807) is 17.8 Å². The van der Waals surface area contributed by atoms with E-state index in [0.29, 0.717) is 10.7 Å². The van der Waals surface area contributed by atoms with Gasteiger partial charge in [-0.3, -0.25) is 4.99 Å². The van der Waals surface area contributed by atoms with Gasteiger partial charge < -0.3 is 5.32 Å². The highest BCUT2D eigenvalue weighted by Gasteiger charge is 2.36. The van der Waals surface area contributed by atoms with E-state index < -0.39 is 0 Å². The number of hydrogen-bond acceptors (Lipinski definition) is 3. The lowest BCUT2D eigenvalue weighted by Crippen LogP contribution is -2.29. The van der Waals surface area contributed by atoms with Gasteiger partial charge in [-0.1, -0.05) is 42.6 Å². The highest BCUT2D eigenvalue weighted by atomic mass is 35.5. The minimum absolute atomic E-state index is 0.127. The number of anilines is 1. The molecule has 3 rings (SSSR count). The first-order valence-corrected chi connectivity index (χ1v) is 7.97. The highest BCUT2D eigenvalue weighted by molar-refractivity contribution is 8.14. The average molecular weight is 299 g/mol. The molecular formula is C14H16ClFN2S. The van der Waals surface area contributed by atoms with E-state index in [2.05, 4.69) is 5.32 Å². The van der Waals surface area contributed by atoms with E-state index in [1.165, 1.54) is 44.2 Å². The van der Waals surface area contributed by atoms with Crippen LogP contribution in [0.15, 0.2) is 23.2 Å². The fourth-order valence-corrected chi connectivity index (χ4v) is 4.19. The molecule has 2 nitrogen and oxygen atoms in total. The van der Waals surface area contributed by atoms with Crippen molar-refractivity contribution in [1.29, 1.82) is 0 Å². The summed E-state index contributed by atoms with van der Waals surface area (Å²) in [4.78, 5) is 4.84. The smallest absolute Gasteiger partial charge is 0.161 e. The summed E-state index contributed by atoms with van der Waals surface area (Å²) in [5.41, 5.74) is 0.798. The zero-order valence-corrected chi connectivity index (χ0v) is 12.2. The first-order valence-electron chi connectivity index (χ1n) is 6.61. The van der Waals surface area contributed by atoms with E-state index >= 15 is 0 Å². The van der Waals surface area contributed by atoms with Gasteiger partial charge in [0.15, 0.2) is 5.17 Å². The van der Waals surface area contributed by atoms with Crippen molar-refractivity contribution in [2.75, 3.05) is 11.1 Å². The fourth-order valence-electron chi connectivity index (χ4n) is 2.76. The van der Waals surface area contributed by atoms with Gasteiger partial charge in [0, 0.05) is 16.5 Å². The molecule has 102 valence electrons. The van der Waals surface area contributed by atoms with Crippen molar-refractivity contribution >= 4 is 34.2 Å². The van der Waals surface area contributed by atoms with E-state index in [4.69, 9.17) is 16.6 Å². The number of halogens is 2. The zero-order valence-electron chi connectivity index (χ0n) is 10.6. The number of hydrogen-bond donors (Lipinski definition) is 1. The molecule has 1 aliphatic heterocycles. The van der Waals surface area contributed by atoms with E-state index in [-0.39, 0.29) is 11.4 Å². The summed E-state index contributed by atoms with van der Waals surface area (Å²) in [7, 11) is 0. The number of rotatable bonds is 1. The van der Waals surface area contributed by atoms with Gasteiger partial charge in [-0.2, -0.15) is 0 Å². The van der Waals surface area contributed by atoms with Gasteiger partial charge in [0.1, 0.15) is 5.82 Å². The third-order valence-corrected chi connectivity index (χ3v) is 5.08. The van der Waals surface area contributed by atoms with Crippen LogP contribution in [0, 0.1) is 5.82 Å². The first-order chi connectivity index (χ1) is 9.15. The van der Waals surface area contributed by atoms with Gasteiger partial charge in [-0.25, -0.2) is 4.39 Å². The number of amidine groups is 1. The summed E-state index contributed by atoms with van der Waals surface area (Å²) >= 11 is 7.58. The normalized spacial score (nSPS) is 21.5. The predicted octanol–water partition coefficient (Wildman–Crippen LogP) is 4.70. The maximum atomic E-state index is 13.3. The molecule has 1 N–H and O–H groups in total. The monoisotopic (exact) mass is 298 g/mol. The molecule has 1 aromatic rings. The van der Waals surface area contributed by atoms with Crippen molar-refractivity contribution in [1.82, 2.24) is 0 Å². The molecule has 1 aromatic carbocycles. The first kappa shape index (κ1) is 13.3. The third-order valence-electron chi connectivity index (χ3n) is 3.71. The maximum absolute atomic E-state index is 13.3. The molecule has 0 saturated heterocycles. The molecular weight excluding hydrogens is 283 g/mol. The second-order valence-corrected chi connectivity index (χ2v) is 6.67. The van der Waals surface area contributed by atoms with Crippen LogP contribution >= 0.6 is 23.4 Å². The van der Waals surface area contributed by atoms with Crippen molar-refractivity contribution in [2.24, 2.45) is 4.99 Å². The van der Waals surface area contributed by atoms with Crippen molar-refractivity contribution in [3.05, 3.63) is 29.0 Å². The molecule has 0 unspecified atom stereocenters. The van der Waals surface area contributed by atoms with Crippen LogP contribution < -0.4 is 5.32 Å². The van der Waals surface area contributed by atoms with E-state index in [0.717, 1.165) is 10.9 Å². The van der Waals surface area contributed by atoms with Crippen LogP contribution in [-0.4, -0.2) is 16.5 Å². The predicted molar refractivity (Wildman–Crippen MR) is 80.7 cm³/mol. The molecule has 19 heavy (non-hydrogen) atoms. The summed E-state index contributed by atoms with van der Waals surface area (Å²) in [6, 6.07) is 4.47. The lowest BCUT2D eigenvalue weighted by Gasteiger charge is -2.29. The Bertz CT molecular complexity index is 492. The molecule has 2 aliphatic rings. The van der Waals surface area contributed by atoms with E-state index in [1.807, 2.05) is 0 Å². The summed E-state index contributed by atoms with van der Waals surface area (Å²) in [6.07, 6.45) is 6.21. The Morgan fingerprint density at radius 1 is 1.21 bits per heavy atom. The molecule has 1 fully saturated rings. The Hall–Kier alpha value is -0.740. The van der Waals surface area contributed by atoms with Crippen LogP contribution in [0.2, 0.25) is 5.02 Å². The molecule has 0 aromatic heterocycles. The molecule has 1 spiro atoms. The Kier molecular flexibility index (Phi) is 3.72. The minimum atomic E-state index is -0.328. The zero-order chi connectivity index (χ0) is 13.3. The van der Waals surface area contributed by atoms with Crippen molar-refractivity contribution < 1.29 is 4.39 Å². The van der Waals surface area contributed by atoms with Crippen LogP contribution in [-0.2, 0) is 0 Å². The number of nitrogens with zero attached hydrogens (tertiary/aromatic N) is 1. The average Bonchev–Trinajstić information content (AvgIpc) is 2.71. The molecule has 0 amide bonds. The topological polar surface area (TPSA) is 24.4 Å². The number of thioether (sulfide) groups is 1. The Morgan fingerprint density at radius 2 is 2.00 bits per heavy atom. The minimum Gasteiger partial charge on any atom is -0.335 e. The third kappa shape index (κ3) is 3.06. The number of nitrogens with one attached hydrogen (secondary N) is 1. The quantitative estimate of drug-likeness (QED) is 0.813. The summed E-state index contributed by atoms with van der Waals surface area (Å²) in [5, 5.41) is 4.48. The van der Waals surface area contributed by atoms with Crippen LogP contribution in [0.25, 0.3) is 0 Å². The van der Waals surface area contributed by atoms with Crippen LogP contribution in [0.4, 0.5) is 10.1 Å². The molecule has 5 heteroatoms. The van der Waals surface area contributed by atoms with Gasteiger partial charge in [-0.15, -0.1) is 0 Å². The molecule has 0 bridgehead atoms. The lowest BCUT2D eigenvalue weighted by molar-refractivity contribution is 0.335. The van der Waals surface area contributed by atoms with Gasteiger partial charge in [-0.05, 0) is 31.0 Å². The Labute approximate surface area is 121 Å². The molecule has 1 aliphatic carbocycles. The lowest BCUT2D eigenvalue weighted by atomic mass is 9.84. The second kappa shape index (κ2) is 5.33. The van der Waals surface area contributed by atoms with Crippen LogP contribution in [0.3, 0.4) is 0 Å². The van der Waals surface area contributed by atoms with Gasteiger partial charge in [0.2, 0.25) is 0 Å². The molecule has 0 atom stereocenters. The second-order valence-electron chi connectivity index (χ2n) is 5.27. The van der Waals surface area contributed by atoms with Crippen molar-refractivity contribution in [2.45, 2.75) is 37.6 Å². The summed E-state index contributed by atoms with van der Waals surface area (Å²) < 4.78 is 13.3. The van der Waals surface area contributed by atoms with Crippen LogP contribution in [0.1, 0.15) is 32.1 Å². The van der Waals surface area contributed by atoms with E-state index in [9.17, 15) is 4.39 Å². The molecule has 0 radical (unpaired) electrons. The van der Waals surface area contributed by atoms with Gasteiger partial charge in [0.25, 0.3) is 0 Å². The largest absolute Gasteiger partial charge is 0.335 e. The summed E-state index contributed by atoms with van der Waals surface area (Å²) in [5.74, 6) is 0.712. The van der Waals surface area contributed by atoms with Crippen molar-refractivity contribution in [3.8, 4) is 0 Å². The Balaban J connectivity index is 1.75. The van der Waals surface area contributed by atoms with Crippen molar-refractivity contribution in [3.63, 3.8) is 0 Å². The SMILES string of the molecule is Fc1cc(Cl)cc(NC2=NC3(CCCCC3)CS2)c1. The molecule has 1 heterocycles. The van der Waals surface area contributed by atoms with Crippen LogP contribution in [0.5, 0.6) is 0 Å². The maximum Gasteiger partial charge on any atom is 0.161 e. The Morgan fingerprint density at radius 3 is 2.74 bits per heavy atom. The highest BCUT2D eigenvalue weighted by Crippen LogP contribution is 2.40. The summed E-state index contributed by atoms with van der Waals surface area (Å²) in [6.45, 7) is 0. The van der Waals surface area contributed by atoms with Gasteiger partial charge >= 0.3 is 0 Å². The number of benzene rings is 1. The standard InChI is InChI=1S/C14H16ClFN2S/c15-10-6-11(16)8-12(7-10)17-13-18-14(9-19-13)4-2-1-3-5-14/h6-8H,1-5,9H2,(H,17,18). The van der Waals surface area contributed by atoms with Gasteiger partial charge in [0.05, 0.1) is 5.54 Å². The number of aliphatic imine (C=N–C) groups is 1. The molecule has 1 saturated carbocycles. The fraction of sp³-hybridized carbons (Fsp3) is 0.500.